The molecule has 0 aliphatic rings. The van der Waals surface area contributed by atoms with Crippen molar-refractivity contribution in [3.63, 3.8) is 0 Å². The number of aromatic nitrogens is 1. The SMILES string of the molecule is CCC(=Nc1c(Cl)c(CC)c(CC)c(CC)c1CC)c1cccc(C(CC)=Nc2c(Cl)c(CC)c(CC)c(CC)c2CC)n1. The van der Waals surface area contributed by atoms with Crippen molar-refractivity contribution in [2.75, 3.05) is 0 Å². The van der Waals surface area contributed by atoms with Crippen molar-refractivity contribution in [2.24, 2.45) is 9.98 Å². The molecule has 0 fully saturated rings. The number of halogens is 2. The molecule has 238 valence electrons. The maximum absolute atomic E-state index is 7.14. The minimum absolute atomic E-state index is 0.747. The number of aliphatic imine (C=N–C) groups is 2. The van der Waals surface area contributed by atoms with Crippen LogP contribution in [0.25, 0.3) is 0 Å². The first-order valence-corrected chi connectivity index (χ1v) is 17.8. The van der Waals surface area contributed by atoms with Crippen LogP contribution in [0.5, 0.6) is 0 Å². The lowest BCUT2D eigenvalue weighted by Gasteiger charge is -2.21. The van der Waals surface area contributed by atoms with Gasteiger partial charge < -0.3 is 0 Å². The molecule has 3 aromatic rings. The van der Waals surface area contributed by atoms with Crippen LogP contribution in [-0.4, -0.2) is 16.4 Å². The van der Waals surface area contributed by atoms with Crippen LogP contribution in [0.3, 0.4) is 0 Å². The molecule has 0 amide bonds. The predicted molar refractivity (Wildman–Crippen MR) is 195 cm³/mol. The van der Waals surface area contributed by atoms with Gasteiger partial charge in [0.2, 0.25) is 0 Å². The lowest BCUT2D eigenvalue weighted by Crippen LogP contribution is -2.10. The summed E-state index contributed by atoms with van der Waals surface area (Å²) in [4.78, 5) is 15.7. The molecule has 0 saturated heterocycles. The zero-order chi connectivity index (χ0) is 32.6. The molecule has 1 heterocycles. The summed E-state index contributed by atoms with van der Waals surface area (Å²) in [5, 5.41) is 1.60. The van der Waals surface area contributed by atoms with Gasteiger partial charge in [0.05, 0.1) is 44.2 Å². The Kier molecular flexibility index (Phi) is 13.7. The van der Waals surface area contributed by atoms with E-state index in [4.69, 9.17) is 38.2 Å². The summed E-state index contributed by atoms with van der Waals surface area (Å²) in [5.74, 6) is 0. The van der Waals surface area contributed by atoms with E-state index in [2.05, 4.69) is 87.4 Å². The molecule has 0 bridgehead atoms. The van der Waals surface area contributed by atoms with Gasteiger partial charge in [-0.3, -0.25) is 0 Å². The minimum atomic E-state index is 0.747. The fourth-order valence-electron chi connectivity index (χ4n) is 6.93. The first kappa shape index (κ1) is 36.0. The fraction of sp³-hybridized carbons (Fsp3) is 0.513. The Morgan fingerprint density at radius 1 is 0.477 bits per heavy atom. The van der Waals surface area contributed by atoms with E-state index in [1.165, 1.54) is 44.5 Å². The topological polar surface area (TPSA) is 37.6 Å². The maximum atomic E-state index is 7.14. The summed E-state index contributed by atoms with van der Waals surface area (Å²) in [6.45, 7) is 22.0. The second kappa shape index (κ2) is 16.7. The van der Waals surface area contributed by atoms with Crippen molar-refractivity contribution >= 4 is 46.0 Å². The third-order valence-corrected chi connectivity index (χ3v) is 9.85. The molecule has 0 unspecified atom stereocenters. The molecule has 0 aliphatic carbocycles. The molecule has 0 atom stereocenters. The van der Waals surface area contributed by atoms with Crippen LogP contribution in [0.15, 0.2) is 28.2 Å². The summed E-state index contributed by atoms with van der Waals surface area (Å²) in [6.07, 6.45) is 9.00. The number of nitrogens with zero attached hydrogens (tertiary/aromatic N) is 3. The highest BCUT2D eigenvalue weighted by Crippen LogP contribution is 2.41. The summed E-state index contributed by atoms with van der Waals surface area (Å²) in [7, 11) is 0. The molecule has 5 heteroatoms. The van der Waals surface area contributed by atoms with Gasteiger partial charge in [-0.05, 0) is 121 Å². The second-order valence-corrected chi connectivity index (χ2v) is 12.0. The van der Waals surface area contributed by atoms with E-state index in [-0.39, 0.29) is 0 Å². The van der Waals surface area contributed by atoms with E-state index in [1.54, 1.807) is 0 Å². The van der Waals surface area contributed by atoms with Crippen LogP contribution in [-0.2, 0) is 51.4 Å². The van der Waals surface area contributed by atoms with Crippen molar-refractivity contribution in [3.8, 4) is 0 Å². The molecule has 0 saturated carbocycles. The van der Waals surface area contributed by atoms with Crippen molar-refractivity contribution < 1.29 is 0 Å². The van der Waals surface area contributed by atoms with E-state index < -0.39 is 0 Å². The average Bonchev–Trinajstić information content (AvgIpc) is 3.05. The van der Waals surface area contributed by atoms with Gasteiger partial charge in [-0.1, -0.05) is 98.5 Å². The molecule has 0 radical (unpaired) electrons. The largest absolute Gasteiger partial charge is 0.249 e. The van der Waals surface area contributed by atoms with Gasteiger partial charge in [-0.25, -0.2) is 15.0 Å². The van der Waals surface area contributed by atoms with Gasteiger partial charge in [0.25, 0.3) is 0 Å². The molecule has 1 aromatic heterocycles. The average molecular weight is 635 g/mol. The Bertz CT molecular complexity index is 1420. The number of rotatable bonds is 14. The first-order chi connectivity index (χ1) is 21.2. The Hall–Kier alpha value is -2.49. The van der Waals surface area contributed by atoms with Gasteiger partial charge in [0.15, 0.2) is 0 Å². The quantitative estimate of drug-likeness (QED) is 0.163. The van der Waals surface area contributed by atoms with E-state index in [1.807, 2.05) is 0 Å². The summed E-state index contributed by atoms with van der Waals surface area (Å²) in [6, 6.07) is 6.19. The zero-order valence-corrected chi connectivity index (χ0v) is 30.4. The van der Waals surface area contributed by atoms with Crippen LogP contribution in [0.2, 0.25) is 10.0 Å². The maximum Gasteiger partial charge on any atom is 0.0857 e. The van der Waals surface area contributed by atoms with Crippen LogP contribution in [0.4, 0.5) is 11.4 Å². The number of hydrogen-bond acceptors (Lipinski definition) is 3. The highest BCUT2D eigenvalue weighted by atomic mass is 35.5. The number of hydrogen-bond donors (Lipinski definition) is 0. The summed E-state index contributed by atoms with van der Waals surface area (Å²) >= 11 is 14.3. The molecule has 44 heavy (non-hydrogen) atoms. The minimum Gasteiger partial charge on any atom is -0.249 e. The smallest absolute Gasteiger partial charge is 0.0857 e. The lowest BCUT2D eigenvalue weighted by molar-refractivity contribution is 0.943. The Labute approximate surface area is 277 Å². The molecule has 0 N–H and O–H groups in total. The summed E-state index contributed by atoms with van der Waals surface area (Å²) < 4.78 is 0. The highest BCUT2D eigenvalue weighted by molar-refractivity contribution is 6.35. The molecule has 2 aromatic carbocycles. The zero-order valence-electron chi connectivity index (χ0n) is 28.9. The molecule has 3 rings (SSSR count). The normalized spacial score (nSPS) is 12.4. The molecule has 3 nitrogen and oxygen atoms in total. The fourth-order valence-corrected chi connectivity index (χ4v) is 7.74. The highest BCUT2D eigenvalue weighted by Gasteiger charge is 2.22. The van der Waals surface area contributed by atoms with Gasteiger partial charge in [0, 0.05) is 0 Å². The Balaban J connectivity index is 2.26. The molecule has 0 aliphatic heterocycles. The van der Waals surface area contributed by atoms with Crippen LogP contribution in [0.1, 0.15) is 138 Å². The Morgan fingerprint density at radius 2 is 0.773 bits per heavy atom. The lowest BCUT2D eigenvalue weighted by atomic mass is 9.88. The van der Waals surface area contributed by atoms with Crippen molar-refractivity contribution in [1.29, 1.82) is 0 Å². The van der Waals surface area contributed by atoms with Gasteiger partial charge in [-0.2, -0.15) is 0 Å². The van der Waals surface area contributed by atoms with Crippen LogP contribution >= 0.6 is 23.2 Å². The van der Waals surface area contributed by atoms with Crippen molar-refractivity contribution in [2.45, 2.75) is 133 Å². The van der Waals surface area contributed by atoms with Gasteiger partial charge in [-0.15, -0.1) is 0 Å². The summed E-state index contributed by atoms with van der Waals surface area (Å²) in [5.41, 5.74) is 16.0. The second-order valence-electron chi connectivity index (χ2n) is 11.2. The van der Waals surface area contributed by atoms with E-state index in [9.17, 15) is 0 Å². The number of benzene rings is 2. The van der Waals surface area contributed by atoms with Crippen molar-refractivity contribution in [3.05, 3.63) is 84.1 Å². The van der Waals surface area contributed by atoms with Gasteiger partial charge in [0.1, 0.15) is 0 Å². The van der Waals surface area contributed by atoms with E-state index in [0.717, 1.165) is 108 Å². The van der Waals surface area contributed by atoms with Crippen LogP contribution in [0, 0.1) is 0 Å². The number of pyridine rings is 1. The first-order valence-electron chi connectivity index (χ1n) is 17.1. The molecule has 0 spiro atoms. The standard InChI is InChI=1S/C39H53Cl2N3/c1-11-24-26(13-3)30(17-7)38(36(40)28(24)15-5)43-32(19-9)34-22-21-23-35(42-34)33(20-10)44-39-31(18-8)27(14-4)25(12-2)29(16-6)37(39)41/h21-23H,11-20H2,1-10H3. The third-order valence-electron chi connectivity index (χ3n) is 9.04. The van der Waals surface area contributed by atoms with E-state index >= 15 is 0 Å². The predicted octanol–water partition coefficient (Wildman–Crippen LogP) is 11.9. The van der Waals surface area contributed by atoms with E-state index in [0.29, 0.717) is 0 Å². The molecular formula is C39H53Cl2N3. The third kappa shape index (κ3) is 7.00. The van der Waals surface area contributed by atoms with Gasteiger partial charge >= 0.3 is 0 Å². The van der Waals surface area contributed by atoms with Crippen molar-refractivity contribution in [1.82, 2.24) is 4.98 Å². The molecular weight excluding hydrogens is 581 g/mol. The van der Waals surface area contributed by atoms with Crippen LogP contribution < -0.4 is 0 Å². The Morgan fingerprint density at radius 3 is 1.05 bits per heavy atom. The monoisotopic (exact) mass is 633 g/mol.